The molecule has 6 heteroatoms. The fourth-order valence-corrected chi connectivity index (χ4v) is 3.22. The zero-order chi connectivity index (χ0) is 13.9. The lowest BCUT2D eigenvalue weighted by Crippen LogP contribution is -2.19. The van der Waals surface area contributed by atoms with Crippen LogP contribution in [0.15, 0.2) is 29.4 Å². The molecule has 1 atom stereocenters. The number of thioether (sulfide) groups is 1. The summed E-state index contributed by atoms with van der Waals surface area (Å²) in [5.41, 5.74) is 2.59. The molecule has 0 amide bonds. The van der Waals surface area contributed by atoms with Crippen LogP contribution in [0.25, 0.3) is 0 Å². The molecule has 0 saturated heterocycles. The fourth-order valence-electron chi connectivity index (χ4n) is 2.13. The SMILES string of the molecule is CNC(CSc1nnnn1C1CC1)c1ccc(C)cc1. The highest BCUT2D eigenvalue weighted by atomic mass is 32.2. The molecule has 2 aromatic rings. The molecule has 20 heavy (non-hydrogen) atoms. The normalized spacial score (nSPS) is 16.3. The topological polar surface area (TPSA) is 55.6 Å². The molecule has 1 aromatic heterocycles. The van der Waals surface area contributed by atoms with Crippen LogP contribution in [0, 0.1) is 6.92 Å². The van der Waals surface area contributed by atoms with Gasteiger partial charge in [0.25, 0.3) is 0 Å². The van der Waals surface area contributed by atoms with E-state index in [2.05, 4.69) is 52.0 Å². The molecule has 1 heterocycles. The molecule has 1 aliphatic rings. The summed E-state index contributed by atoms with van der Waals surface area (Å²) in [6, 6.07) is 9.50. The van der Waals surface area contributed by atoms with Gasteiger partial charge in [0.1, 0.15) is 0 Å². The van der Waals surface area contributed by atoms with E-state index in [4.69, 9.17) is 0 Å². The Kier molecular flexibility index (Phi) is 4.03. The molecule has 0 radical (unpaired) electrons. The summed E-state index contributed by atoms with van der Waals surface area (Å²) in [6.45, 7) is 2.11. The molecule has 1 aromatic carbocycles. The van der Waals surface area contributed by atoms with Gasteiger partial charge in [-0.05, 0) is 42.8 Å². The molecule has 1 saturated carbocycles. The zero-order valence-corrected chi connectivity index (χ0v) is 12.6. The maximum absolute atomic E-state index is 4.13. The van der Waals surface area contributed by atoms with Gasteiger partial charge in [-0.2, -0.15) is 0 Å². The number of nitrogens with zero attached hydrogens (tertiary/aromatic N) is 4. The van der Waals surface area contributed by atoms with Crippen LogP contribution < -0.4 is 5.32 Å². The predicted molar refractivity (Wildman–Crippen MR) is 79.8 cm³/mol. The molecule has 1 aliphatic carbocycles. The lowest BCUT2D eigenvalue weighted by molar-refractivity contribution is 0.564. The molecule has 5 nitrogen and oxygen atoms in total. The third-order valence-electron chi connectivity index (χ3n) is 3.56. The van der Waals surface area contributed by atoms with Crippen LogP contribution in [0.4, 0.5) is 0 Å². The summed E-state index contributed by atoms with van der Waals surface area (Å²) in [4.78, 5) is 0. The van der Waals surface area contributed by atoms with Gasteiger partial charge >= 0.3 is 0 Å². The average Bonchev–Trinajstić information content (AvgIpc) is 3.21. The number of aromatic nitrogens is 4. The van der Waals surface area contributed by atoms with Crippen LogP contribution in [-0.4, -0.2) is 33.0 Å². The van der Waals surface area contributed by atoms with Crippen molar-refractivity contribution in [3.63, 3.8) is 0 Å². The van der Waals surface area contributed by atoms with Crippen molar-refractivity contribution in [3.05, 3.63) is 35.4 Å². The van der Waals surface area contributed by atoms with Crippen molar-refractivity contribution in [2.24, 2.45) is 0 Å². The van der Waals surface area contributed by atoms with Crippen molar-refractivity contribution in [1.29, 1.82) is 0 Å². The van der Waals surface area contributed by atoms with E-state index in [0.29, 0.717) is 12.1 Å². The van der Waals surface area contributed by atoms with E-state index >= 15 is 0 Å². The fraction of sp³-hybridized carbons (Fsp3) is 0.500. The minimum Gasteiger partial charge on any atom is -0.312 e. The Labute approximate surface area is 123 Å². The largest absolute Gasteiger partial charge is 0.312 e. The second-order valence-corrected chi connectivity index (χ2v) is 6.19. The van der Waals surface area contributed by atoms with Crippen LogP contribution in [0.1, 0.15) is 36.1 Å². The first-order valence-corrected chi connectivity index (χ1v) is 7.91. The maximum Gasteiger partial charge on any atom is 0.209 e. The van der Waals surface area contributed by atoms with E-state index in [1.807, 2.05) is 11.7 Å². The second-order valence-electron chi connectivity index (χ2n) is 5.20. The molecule has 3 rings (SSSR count). The Morgan fingerprint density at radius 1 is 1.35 bits per heavy atom. The van der Waals surface area contributed by atoms with Gasteiger partial charge in [0.2, 0.25) is 5.16 Å². The quantitative estimate of drug-likeness (QED) is 0.827. The zero-order valence-electron chi connectivity index (χ0n) is 11.8. The van der Waals surface area contributed by atoms with E-state index in [1.54, 1.807) is 11.8 Å². The van der Waals surface area contributed by atoms with Gasteiger partial charge in [0.05, 0.1) is 6.04 Å². The number of rotatable bonds is 6. The summed E-state index contributed by atoms with van der Waals surface area (Å²) in [5.74, 6) is 0.923. The summed E-state index contributed by atoms with van der Waals surface area (Å²) < 4.78 is 1.96. The van der Waals surface area contributed by atoms with Gasteiger partial charge in [-0.1, -0.05) is 41.6 Å². The van der Waals surface area contributed by atoms with Crippen LogP contribution >= 0.6 is 11.8 Å². The van der Waals surface area contributed by atoms with Crippen molar-refractivity contribution >= 4 is 11.8 Å². The lowest BCUT2D eigenvalue weighted by atomic mass is 10.1. The number of nitrogens with one attached hydrogen (secondary N) is 1. The summed E-state index contributed by atoms with van der Waals surface area (Å²) in [7, 11) is 1.99. The van der Waals surface area contributed by atoms with E-state index in [0.717, 1.165) is 10.9 Å². The highest BCUT2D eigenvalue weighted by Gasteiger charge is 2.28. The van der Waals surface area contributed by atoms with Crippen molar-refractivity contribution in [1.82, 2.24) is 25.5 Å². The Bertz CT molecular complexity index is 561. The molecule has 1 fully saturated rings. The van der Waals surface area contributed by atoms with Gasteiger partial charge in [-0.3, -0.25) is 0 Å². The van der Waals surface area contributed by atoms with Crippen LogP contribution in [0.2, 0.25) is 0 Å². The first-order valence-electron chi connectivity index (χ1n) is 6.92. The summed E-state index contributed by atoms with van der Waals surface area (Å²) >= 11 is 1.72. The molecule has 0 spiro atoms. The number of hydrogen-bond acceptors (Lipinski definition) is 5. The minimum absolute atomic E-state index is 0.310. The molecular formula is C14H19N5S. The number of benzene rings is 1. The third-order valence-corrected chi connectivity index (χ3v) is 4.59. The Balaban J connectivity index is 1.66. The minimum atomic E-state index is 0.310. The molecule has 1 N–H and O–H groups in total. The predicted octanol–water partition coefficient (Wildman–Crippen LogP) is 2.37. The van der Waals surface area contributed by atoms with Crippen molar-refractivity contribution in [3.8, 4) is 0 Å². The van der Waals surface area contributed by atoms with Crippen molar-refractivity contribution in [2.45, 2.75) is 37.0 Å². The summed E-state index contributed by atoms with van der Waals surface area (Å²) in [6.07, 6.45) is 2.40. The van der Waals surface area contributed by atoms with Gasteiger partial charge in [0, 0.05) is 11.8 Å². The number of tetrazole rings is 1. The van der Waals surface area contributed by atoms with Crippen LogP contribution in [0.5, 0.6) is 0 Å². The maximum atomic E-state index is 4.13. The molecular weight excluding hydrogens is 270 g/mol. The van der Waals surface area contributed by atoms with E-state index in [1.165, 1.54) is 24.0 Å². The second kappa shape index (κ2) is 5.93. The number of hydrogen-bond donors (Lipinski definition) is 1. The first kappa shape index (κ1) is 13.6. The molecule has 1 unspecified atom stereocenters. The monoisotopic (exact) mass is 289 g/mol. The smallest absolute Gasteiger partial charge is 0.209 e. The average molecular weight is 289 g/mol. The highest BCUT2D eigenvalue weighted by molar-refractivity contribution is 7.99. The molecule has 0 aliphatic heterocycles. The van der Waals surface area contributed by atoms with E-state index < -0.39 is 0 Å². The van der Waals surface area contributed by atoms with Crippen LogP contribution in [-0.2, 0) is 0 Å². The lowest BCUT2D eigenvalue weighted by Gasteiger charge is -2.16. The number of aryl methyl sites for hydroxylation is 1. The Morgan fingerprint density at radius 2 is 2.10 bits per heavy atom. The van der Waals surface area contributed by atoms with Gasteiger partial charge in [-0.25, -0.2) is 4.68 Å². The first-order chi connectivity index (χ1) is 9.78. The van der Waals surface area contributed by atoms with Crippen molar-refractivity contribution < 1.29 is 0 Å². The van der Waals surface area contributed by atoms with Gasteiger partial charge in [-0.15, -0.1) is 5.10 Å². The Morgan fingerprint density at radius 3 is 2.75 bits per heavy atom. The summed E-state index contributed by atoms with van der Waals surface area (Å²) in [5, 5.41) is 16.3. The standard InChI is InChI=1S/C14H19N5S/c1-10-3-5-11(6-4-10)13(15-2)9-20-14-16-17-18-19(14)12-7-8-12/h3-6,12-13,15H,7-9H2,1-2H3. The van der Waals surface area contributed by atoms with Gasteiger partial charge in [0.15, 0.2) is 0 Å². The molecule has 0 bridgehead atoms. The highest BCUT2D eigenvalue weighted by Crippen LogP contribution is 2.36. The van der Waals surface area contributed by atoms with Crippen molar-refractivity contribution in [2.75, 3.05) is 12.8 Å². The van der Waals surface area contributed by atoms with Crippen LogP contribution in [0.3, 0.4) is 0 Å². The van der Waals surface area contributed by atoms with E-state index in [-0.39, 0.29) is 0 Å². The molecule has 106 valence electrons. The Hall–Kier alpha value is -1.40. The van der Waals surface area contributed by atoms with Gasteiger partial charge < -0.3 is 5.32 Å². The van der Waals surface area contributed by atoms with E-state index in [9.17, 15) is 0 Å². The third kappa shape index (κ3) is 3.02.